The molecule has 4 fully saturated rings. The largest absolute Gasteiger partial charge is 0.461 e. The summed E-state index contributed by atoms with van der Waals surface area (Å²) >= 11 is 1.32. The number of likely N-dealkylation sites (tertiary alicyclic amines) is 1. The summed E-state index contributed by atoms with van der Waals surface area (Å²) in [7, 11) is 0. The van der Waals surface area contributed by atoms with Crippen LogP contribution in [0.25, 0.3) is 32.1 Å². The van der Waals surface area contributed by atoms with E-state index in [1.165, 1.54) is 11.3 Å². The van der Waals surface area contributed by atoms with Gasteiger partial charge in [0, 0.05) is 53.6 Å². The van der Waals surface area contributed by atoms with Crippen molar-refractivity contribution in [2.24, 2.45) is 0 Å². The van der Waals surface area contributed by atoms with Crippen LogP contribution in [-0.4, -0.2) is 99.7 Å². The molecule has 13 nitrogen and oxygen atoms in total. The Balaban J connectivity index is 1.16. The fourth-order valence-electron chi connectivity index (χ4n) is 9.78. The third-order valence-corrected chi connectivity index (χ3v) is 13.1. The van der Waals surface area contributed by atoms with Gasteiger partial charge < -0.3 is 28.7 Å². The van der Waals surface area contributed by atoms with Crippen molar-refractivity contribution in [1.29, 1.82) is 5.26 Å². The summed E-state index contributed by atoms with van der Waals surface area (Å²) in [6.45, 7) is 14.3. The number of thiophene rings is 1. The molecule has 0 saturated carbocycles. The standard InChI is InChI=1S/C43H50FN7O6S/c1-41(2,3)56-39(52)48-37-29(17-45)34-27(9-7-10-33(34)58-37)28-15-32-35(31-22-54-21-30(28)31)36(47-38(46-32)55-23-43-13-8-14-50(43)18-24(44)16-43)51-25-11-12-26(51)20-49(19-25)40(53)57-42(4,5)6/h7,9-10,15,24-26H,8,11-14,16,18-23H2,1-6H3,(H,48,52)/t24-,25?,26?,43+/m1/s1. The molecule has 15 heteroatoms. The van der Waals surface area contributed by atoms with E-state index in [4.69, 9.17) is 28.9 Å². The Bertz CT molecular complexity index is 2350. The summed E-state index contributed by atoms with van der Waals surface area (Å²) in [5.41, 5.74) is 2.96. The van der Waals surface area contributed by atoms with E-state index < -0.39 is 23.5 Å². The van der Waals surface area contributed by atoms with Crippen LogP contribution in [0, 0.1) is 11.3 Å². The molecule has 5 aliphatic rings. The second-order valence-corrected chi connectivity index (χ2v) is 19.4. The van der Waals surface area contributed by atoms with Crippen molar-refractivity contribution < 1.29 is 32.9 Å². The molecule has 2 aromatic heterocycles. The molecule has 2 amide bonds. The van der Waals surface area contributed by atoms with Crippen molar-refractivity contribution >= 4 is 55.3 Å². The van der Waals surface area contributed by atoms with Gasteiger partial charge in [0.25, 0.3) is 0 Å². The Morgan fingerprint density at radius 3 is 2.48 bits per heavy atom. The molecule has 9 rings (SSSR count). The molecule has 4 atom stereocenters. The smallest absolute Gasteiger partial charge is 0.412 e. The van der Waals surface area contributed by atoms with E-state index in [1.807, 2.05) is 49.9 Å². The first-order valence-corrected chi connectivity index (χ1v) is 21.1. The summed E-state index contributed by atoms with van der Waals surface area (Å²) in [5, 5.41) is 15.4. The highest BCUT2D eigenvalue weighted by Gasteiger charge is 2.50. The van der Waals surface area contributed by atoms with Crippen LogP contribution in [-0.2, 0) is 27.4 Å². The van der Waals surface area contributed by atoms with Crippen LogP contribution in [0.1, 0.15) is 90.3 Å². The highest BCUT2D eigenvalue weighted by atomic mass is 32.1. The maximum atomic E-state index is 14.8. The molecule has 306 valence electrons. The number of benzene rings is 2. The number of carbonyl (C=O) groups is 2. The third kappa shape index (κ3) is 6.96. The molecule has 0 aliphatic carbocycles. The van der Waals surface area contributed by atoms with Crippen LogP contribution >= 0.6 is 11.3 Å². The average molecular weight is 812 g/mol. The van der Waals surface area contributed by atoms with Gasteiger partial charge in [-0.3, -0.25) is 10.2 Å². The molecular formula is C43H50FN7O6S. The van der Waals surface area contributed by atoms with Gasteiger partial charge in [0.1, 0.15) is 40.9 Å². The fraction of sp³-hybridized carbons (Fsp3) is 0.558. The van der Waals surface area contributed by atoms with Gasteiger partial charge in [0.15, 0.2) is 0 Å². The van der Waals surface area contributed by atoms with E-state index in [2.05, 4.69) is 21.2 Å². The number of amides is 2. The number of aromatic nitrogens is 2. The first-order chi connectivity index (χ1) is 27.6. The summed E-state index contributed by atoms with van der Waals surface area (Å²) in [6, 6.07) is 10.5. The number of nitrogens with one attached hydrogen (secondary N) is 1. The summed E-state index contributed by atoms with van der Waals surface area (Å²) in [5.74, 6) is 0.746. The number of nitrogens with zero attached hydrogens (tertiary/aromatic N) is 6. The summed E-state index contributed by atoms with van der Waals surface area (Å²) in [4.78, 5) is 42.8. The number of anilines is 2. The van der Waals surface area contributed by atoms with Gasteiger partial charge in [0.05, 0.1) is 29.8 Å². The highest BCUT2D eigenvalue weighted by Crippen LogP contribution is 2.48. The molecule has 5 aliphatic heterocycles. The lowest BCUT2D eigenvalue weighted by Crippen LogP contribution is -2.56. The normalized spacial score (nSPS) is 24.3. The Kier molecular flexibility index (Phi) is 9.48. The van der Waals surface area contributed by atoms with Gasteiger partial charge in [-0.15, -0.1) is 11.3 Å². The minimum absolute atomic E-state index is 0.00505. The van der Waals surface area contributed by atoms with Crippen molar-refractivity contribution in [3.63, 3.8) is 0 Å². The molecule has 2 aromatic carbocycles. The number of nitriles is 1. The van der Waals surface area contributed by atoms with Crippen LogP contribution < -0.4 is 15.0 Å². The van der Waals surface area contributed by atoms with Crippen molar-refractivity contribution in [3.05, 3.63) is 41.0 Å². The summed E-state index contributed by atoms with van der Waals surface area (Å²) < 4.78 is 39.7. The fourth-order valence-corrected chi connectivity index (χ4v) is 10.8. The van der Waals surface area contributed by atoms with E-state index >= 15 is 0 Å². The maximum Gasteiger partial charge on any atom is 0.412 e. The minimum atomic E-state index is -0.892. The quantitative estimate of drug-likeness (QED) is 0.201. The molecule has 0 radical (unpaired) electrons. The maximum absolute atomic E-state index is 14.8. The third-order valence-electron chi connectivity index (χ3n) is 12.0. The number of rotatable bonds is 6. The van der Waals surface area contributed by atoms with Gasteiger partial charge in [-0.05, 0) is 108 Å². The molecule has 4 saturated heterocycles. The van der Waals surface area contributed by atoms with Crippen molar-refractivity contribution in [2.45, 2.75) is 122 Å². The number of fused-ring (bicyclic) bond motifs is 7. The van der Waals surface area contributed by atoms with Crippen LogP contribution in [0.2, 0.25) is 0 Å². The molecular weight excluding hydrogens is 762 g/mol. The molecule has 7 heterocycles. The molecule has 2 unspecified atom stereocenters. The minimum Gasteiger partial charge on any atom is -0.461 e. The lowest BCUT2D eigenvalue weighted by Gasteiger charge is -2.42. The van der Waals surface area contributed by atoms with Gasteiger partial charge in [-0.1, -0.05) is 12.1 Å². The second-order valence-electron chi connectivity index (χ2n) is 18.4. The first kappa shape index (κ1) is 38.7. The van der Waals surface area contributed by atoms with Gasteiger partial charge in [-0.2, -0.15) is 15.2 Å². The number of halogens is 1. The van der Waals surface area contributed by atoms with Crippen LogP contribution in [0.15, 0.2) is 24.3 Å². The predicted octanol–water partition coefficient (Wildman–Crippen LogP) is 8.30. The Morgan fingerprint density at radius 2 is 1.76 bits per heavy atom. The summed E-state index contributed by atoms with van der Waals surface area (Å²) in [6.07, 6.45) is 2.21. The van der Waals surface area contributed by atoms with Crippen molar-refractivity contribution in [3.8, 4) is 23.2 Å². The van der Waals surface area contributed by atoms with Crippen molar-refractivity contribution in [2.75, 3.05) is 43.0 Å². The van der Waals surface area contributed by atoms with Crippen LogP contribution in [0.4, 0.5) is 24.8 Å². The molecule has 0 spiro atoms. The van der Waals surface area contributed by atoms with E-state index in [0.717, 1.165) is 75.8 Å². The molecule has 58 heavy (non-hydrogen) atoms. The van der Waals surface area contributed by atoms with E-state index in [0.29, 0.717) is 55.4 Å². The Hall–Kier alpha value is -4.78. The number of alkyl halides is 1. The number of piperazine rings is 1. The molecule has 1 N–H and O–H groups in total. The van der Waals surface area contributed by atoms with Crippen LogP contribution in [0.3, 0.4) is 0 Å². The van der Waals surface area contributed by atoms with E-state index in [9.17, 15) is 19.2 Å². The van der Waals surface area contributed by atoms with E-state index in [1.54, 1.807) is 20.8 Å². The Morgan fingerprint density at radius 1 is 1.02 bits per heavy atom. The number of carbonyl (C=O) groups excluding carboxylic acids is 2. The lowest BCUT2D eigenvalue weighted by molar-refractivity contribution is 0.0209. The monoisotopic (exact) mass is 811 g/mol. The van der Waals surface area contributed by atoms with Gasteiger partial charge >= 0.3 is 18.2 Å². The molecule has 4 aromatic rings. The van der Waals surface area contributed by atoms with Gasteiger partial charge in [0.2, 0.25) is 0 Å². The highest BCUT2D eigenvalue weighted by molar-refractivity contribution is 7.23. The van der Waals surface area contributed by atoms with Crippen molar-refractivity contribution in [1.82, 2.24) is 19.8 Å². The zero-order valence-corrected chi connectivity index (χ0v) is 34.8. The van der Waals surface area contributed by atoms with Crippen LogP contribution in [0.5, 0.6) is 6.01 Å². The van der Waals surface area contributed by atoms with E-state index in [-0.39, 0.29) is 36.3 Å². The number of hydrogen-bond acceptors (Lipinski definition) is 12. The lowest BCUT2D eigenvalue weighted by atomic mass is 9.91. The number of ether oxygens (including phenoxy) is 4. The second kappa shape index (κ2) is 14.2. The topological polar surface area (TPSA) is 142 Å². The molecule has 2 bridgehead atoms. The SMILES string of the molecule is CC(C)(C)OC(=O)Nc1sc2cccc(-c3cc4nc(OC[C@@]56CCCN5C[C@H](F)C6)nc(N5C6CCC5CN(C(=O)OC(C)(C)C)C6)c4c4c3COC4)c2c1C#N. The zero-order valence-electron chi connectivity index (χ0n) is 33.9. The van der Waals surface area contributed by atoms with Gasteiger partial charge in [-0.25, -0.2) is 14.0 Å². The first-order valence-electron chi connectivity index (χ1n) is 20.3. The predicted molar refractivity (Wildman–Crippen MR) is 219 cm³/mol. The zero-order chi connectivity index (χ0) is 40.7. The Labute approximate surface area is 341 Å². The number of hydrogen-bond donors (Lipinski definition) is 1. The average Bonchev–Trinajstić information content (AvgIpc) is 3.95.